The van der Waals surface area contributed by atoms with Crippen LogP contribution in [0, 0.1) is 0 Å². The largest absolute Gasteiger partial charge is 0.375 e. The number of ether oxygens (including phenoxy) is 1. The minimum atomic E-state index is 0. The van der Waals surface area contributed by atoms with E-state index in [0.717, 1.165) is 57.4 Å². The Balaban J connectivity index is 0.00000364. The Labute approximate surface area is 181 Å². The lowest BCUT2D eigenvalue weighted by molar-refractivity contribution is 0.0529. The molecule has 27 heavy (non-hydrogen) atoms. The fourth-order valence-corrected chi connectivity index (χ4v) is 2.97. The number of aliphatic imine (C=N–C) groups is 1. The second-order valence-corrected chi connectivity index (χ2v) is 6.67. The summed E-state index contributed by atoms with van der Waals surface area (Å²) >= 11 is 0. The summed E-state index contributed by atoms with van der Waals surface area (Å²) in [5.41, 5.74) is 1.17. The summed E-state index contributed by atoms with van der Waals surface area (Å²) < 4.78 is 5.62. The molecule has 0 aromatic carbocycles. The number of hydrogen-bond acceptors (Lipinski definition) is 4. The second-order valence-electron chi connectivity index (χ2n) is 6.67. The zero-order chi connectivity index (χ0) is 18.8. The number of hydrogen-bond donors (Lipinski definition) is 1. The van der Waals surface area contributed by atoms with E-state index in [4.69, 9.17) is 9.73 Å². The van der Waals surface area contributed by atoms with Gasteiger partial charge in [0.1, 0.15) is 5.82 Å². The third-order valence-corrected chi connectivity index (χ3v) is 4.38. The number of nitrogens with one attached hydrogen (secondary N) is 1. The number of allylic oxidation sites excluding steroid dienone is 1. The molecule has 1 aliphatic rings. The summed E-state index contributed by atoms with van der Waals surface area (Å²) in [7, 11) is 2.08. The Bertz CT molecular complexity index is 595. The molecule has 2 heterocycles. The number of unbranched alkanes of at least 4 members (excludes halogenated alkanes) is 1. The molecule has 0 bridgehead atoms. The first kappa shape index (κ1) is 23.7. The van der Waals surface area contributed by atoms with Gasteiger partial charge in [0.05, 0.1) is 19.3 Å². The average Bonchev–Trinajstić information content (AvgIpc) is 2.65. The second kappa shape index (κ2) is 12.9. The van der Waals surface area contributed by atoms with E-state index >= 15 is 0 Å². The first-order valence-electron chi connectivity index (χ1n) is 9.55. The Morgan fingerprint density at radius 1 is 1.56 bits per heavy atom. The van der Waals surface area contributed by atoms with Crippen LogP contribution >= 0.6 is 24.0 Å². The minimum absolute atomic E-state index is 0. The van der Waals surface area contributed by atoms with Gasteiger partial charge in [0.25, 0.3) is 0 Å². The van der Waals surface area contributed by atoms with Crippen molar-refractivity contribution in [2.24, 2.45) is 4.99 Å². The van der Waals surface area contributed by atoms with Gasteiger partial charge in [-0.2, -0.15) is 0 Å². The van der Waals surface area contributed by atoms with Crippen LogP contribution in [0.3, 0.4) is 0 Å². The van der Waals surface area contributed by atoms with Crippen molar-refractivity contribution < 1.29 is 4.74 Å². The Morgan fingerprint density at radius 3 is 3.07 bits per heavy atom. The number of pyridine rings is 1. The van der Waals surface area contributed by atoms with Gasteiger partial charge in [-0.15, -0.1) is 30.6 Å². The number of guanidine groups is 1. The van der Waals surface area contributed by atoms with Crippen molar-refractivity contribution in [2.45, 2.75) is 39.3 Å². The maximum Gasteiger partial charge on any atom is 0.193 e. The van der Waals surface area contributed by atoms with Crippen LogP contribution in [-0.2, 0) is 11.3 Å². The van der Waals surface area contributed by atoms with Crippen molar-refractivity contribution in [2.75, 3.05) is 44.7 Å². The third kappa shape index (κ3) is 8.04. The number of morpholine rings is 1. The number of anilines is 1. The summed E-state index contributed by atoms with van der Waals surface area (Å²) in [4.78, 5) is 13.8. The molecular formula is C20H34IN5O. The predicted octanol–water partition coefficient (Wildman–Crippen LogP) is 3.29. The highest BCUT2D eigenvalue weighted by Crippen LogP contribution is 2.17. The first-order valence-corrected chi connectivity index (χ1v) is 9.55. The molecule has 0 radical (unpaired) electrons. The van der Waals surface area contributed by atoms with Gasteiger partial charge in [-0.1, -0.05) is 6.08 Å². The minimum Gasteiger partial charge on any atom is -0.375 e. The van der Waals surface area contributed by atoms with Crippen molar-refractivity contribution in [3.8, 4) is 0 Å². The van der Waals surface area contributed by atoms with Crippen LogP contribution in [0.1, 0.15) is 32.3 Å². The molecule has 7 heteroatoms. The zero-order valence-electron chi connectivity index (χ0n) is 16.9. The normalized spacial score (nSPS) is 17.2. The summed E-state index contributed by atoms with van der Waals surface area (Å²) in [6, 6.07) is 4.18. The van der Waals surface area contributed by atoms with Crippen LogP contribution in [0.4, 0.5) is 5.82 Å². The van der Waals surface area contributed by atoms with Crippen molar-refractivity contribution in [1.82, 2.24) is 15.2 Å². The molecule has 1 saturated heterocycles. The lowest BCUT2D eigenvalue weighted by Crippen LogP contribution is -2.41. The van der Waals surface area contributed by atoms with Crippen molar-refractivity contribution >= 4 is 35.8 Å². The summed E-state index contributed by atoms with van der Waals surface area (Å²) in [5.74, 6) is 1.95. The summed E-state index contributed by atoms with van der Waals surface area (Å²) in [6.07, 6.45) is 6.19. The van der Waals surface area contributed by atoms with Crippen LogP contribution in [-0.4, -0.2) is 61.8 Å². The Hall–Kier alpha value is -1.35. The molecule has 2 rings (SSSR count). The molecule has 1 atom stereocenters. The third-order valence-electron chi connectivity index (χ3n) is 4.38. The van der Waals surface area contributed by atoms with Crippen molar-refractivity contribution in [1.29, 1.82) is 0 Å². The molecule has 1 aliphatic heterocycles. The monoisotopic (exact) mass is 487 g/mol. The summed E-state index contributed by atoms with van der Waals surface area (Å²) in [6.45, 7) is 13.0. The highest BCUT2D eigenvalue weighted by atomic mass is 127. The number of aromatic nitrogens is 1. The highest BCUT2D eigenvalue weighted by molar-refractivity contribution is 14.0. The number of rotatable bonds is 8. The molecule has 1 aromatic rings. The van der Waals surface area contributed by atoms with E-state index in [0.29, 0.717) is 6.54 Å². The van der Waals surface area contributed by atoms with Gasteiger partial charge in [-0.05, 0) is 44.4 Å². The molecule has 0 amide bonds. The molecule has 0 spiro atoms. The van der Waals surface area contributed by atoms with Crippen LogP contribution in [0.5, 0.6) is 0 Å². The SMILES string of the molecule is C=CCCCN(C)C(=NCc1ccnc(N2CCOC(C)C2)c1)NCC.I. The summed E-state index contributed by atoms with van der Waals surface area (Å²) in [5, 5.41) is 3.37. The van der Waals surface area contributed by atoms with E-state index in [1.165, 1.54) is 5.56 Å². The molecule has 6 nitrogen and oxygen atoms in total. The van der Waals surface area contributed by atoms with E-state index in [1.807, 2.05) is 18.3 Å². The maximum atomic E-state index is 5.62. The van der Waals surface area contributed by atoms with Gasteiger partial charge in [-0.3, -0.25) is 0 Å². The van der Waals surface area contributed by atoms with Gasteiger partial charge in [0.2, 0.25) is 0 Å². The topological polar surface area (TPSA) is 53.0 Å². The fraction of sp³-hybridized carbons (Fsp3) is 0.600. The van der Waals surface area contributed by atoms with E-state index in [-0.39, 0.29) is 30.1 Å². The maximum absolute atomic E-state index is 5.62. The van der Waals surface area contributed by atoms with Crippen LogP contribution < -0.4 is 10.2 Å². The molecule has 1 N–H and O–H groups in total. The lowest BCUT2D eigenvalue weighted by atomic mass is 10.2. The zero-order valence-corrected chi connectivity index (χ0v) is 19.2. The molecule has 0 aliphatic carbocycles. The van der Waals surface area contributed by atoms with E-state index in [9.17, 15) is 0 Å². The lowest BCUT2D eigenvalue weighted by Gasteiger charge is -2.32. The van der Waals surface area contributed by atoms with E-state index < -0.39 is 0 Å². The molecule has 0 saturated carbocycles. The molecule has 1 unspecified atom stereocenters. The molecule has 1 fully saturated rings. The highest BCUT2D eigenvalue weighted by Gasteiger charge is 2.18. The number of nitrogens with zero attached hydrogens (tertiary/aromatic N) is 4. The molecule has 152 valence electrons. The van der Waals surface area contributed by atoms with Crippen LogP contribution in [0.2, 0.25) is 0 Å². The molecular weight excluding hydrogens is 453 g/mol. The fourth-order valence-electron chi connectivity index (χ4n) is 2.97. The van der Waals surface area contributed by atoms with E-state index in [2.05, 4.69) is 53.6 Å². The van der Waals surface area contributed by atoms with Gasteiger partial charge >= 0.3 is 0 Å². The first-order chi connectivity index (χ1) is 12.6. The quantitative estimate of drug-likeness (QED) is 0.201. The van der Waals surface area contributed by atoms with Crippen molar-refractivity contribution in [3.05, 3.63) is 36.5 Å². The smallest absolute Gasteiger partial charge is 0.193 e. The van der Waals surface area contributed by atoms with Crippen molar-refractivity contribution in [3.63, 3.8) is 0 Å². The Morgan fingerprint density at radius 2 is 2.37 bits per heavy atom. The van der Waals surface area contributed by atoms with E-state index in [1.54, 1.807) is 0 Å². The average molecular weight is 487 g/mol. The van der Waals surface area contributed by atoms with Gasteiger partial charge < -0.3 is 19.9 Å². The van der Waals surface area contributed by atoms with Crippen LogP contribution in [0.15, 0.2) is 36.0 Å². The molecule has 1 aromatic heterocycles. The van der Waals surface area contributed by atoms with Gasteiger partial charge in [0.15, 0.2) is 5.96 Å². The van der Waals surface area contributed by atoms with Gasteiger partial charge in [0, 0.05) is 39.4 Å². The van der Waals surface area contributed by atoms with Crippen LogP contribution in [0.25, 0.3) is 0 Å². The number of halogens is 1. The Kier molecular flexibility index (Phi) is 11.3. The predicted molar refractivity (Wildman–Crippen MR) is 124 cm³/mol. The standard InChI is InChI=1S/C20H33N5O.HI/c1-5-7-8-11-24(4)20(21-6-2)23-15-18-9-10-22-19(14-18)25-12-13-26-17(3)16-25;/h5,9-10,14,17H,1,6-8,11-13,15-16H2,2-4H3,(H,21,23);1H. The van der Waals surface area contributed by atoms with Gasteiger partial charge in [-0.25, -0.2) is 9.98 Å².